The minimum Gasteiger partial charge on any atom is -0.495 e. The number of anilines is 1. The van der Waals surface area contributed by atoms with Crippen LogP contribution in [0.3, 0.4) is 0 Å². The summed E-state index contributed by atoms with van der Waals surface area (Å²) in [5, 5.41) is 3.92. The molecular formula is C28H37N5O5S2. The van der Waals surface area contributed by atoms with Crippen LogP contribution < -0.4 is 19.7 Å². The SMILES string of the molecule is COc1ccc(OC)c2sc(N3CCN(CCNC(=O)c4ccc(S(=O)(=O)N5CCC(C)CC5)cc4)CC3)nc12. The first kappa shape index (κ1) is 28.6. The van der Waals surface area contributed by atoms with Gasteiger partial charge in [-0.05, 0) is 55.2 Å². The minimum absolute atomic E-state index is 0.202. The molecule has 12 heteroatoms. The van der Waals surface area contributed by atoms with Crippen LogP contribution in [0.4, 0.5) is 5.13 Å². The molecule has 10 nitrogen and oxygen atoms in total. The van der Waals surface area contributed by atoms with Gasteiger partial charge in [-0.25, -0.2) is 13.4 Å². The standard InChI is InChI=1S/C28H37N5O5S2/c1-20-10-13-33(14-11-20)40(35,36)22-6-4-21(5-7-22)27(34)29-12-15-31-16-18-32(19-17-31)28-30-25-23(37-2)8-9-24(38-3)26(25)39-28/h4-9,20H,10-19H2,1-3H3,(H,29,34). The fourth-order valence-electron chi connectivity index (χ4n) is 5.15. The summed E-state index contributed by atoms with van der Waals surface area (Å²) in [6.45, 7) is 7.89. The highest BCUT2D eigenvalue weighted by molar-refractivity contribution is 7.89. The zero-order valence-corrected chi connectivity index (χ0v) is 24.9. The summed E-state index contributed by atoms with van der Waals surface area (Å²) in [5.41, 5.74) is 1.27. The van der Waals surface area contributed by atoms with E-state index >= 15 is 0 Å². The van der Waals surface area contributed by atoms with Gasteiger partial charge in [0.2, 0.25) is 10.0 Å². The second kappa shape index (κ2) is 12.3. The number of piperidine rings is 1. The van der Waals surface area contributed by atoms with Crippen LogP contribution in [0.2, 0.25) is 0 Å². The van der Waals surface area contributed by atoms with Crippen LogP contribution >= 0.6 is 11.3 Å². The smallest absolute Gasteiger partial charge is 0.251 e. The third kappa shape index (κ3) is 6.04. The number of sulfonamides is 1. The number of hydrogen-bond acceptors (Lipinski definition) is 9. The second-order valence-corrected chi connectivity index (χ2v) is 13.3. The Balaban J connectivity index is 1.10. The Kier molecular flexibility index (Phi) is 8.79. The van der Waals surface area contributed by atoms with Gasteiger partial charge in [0.1, 0.15) is 21.7 Å². The van der Waals surface area contributed by atoms with E-state index in [2.05, 4.69) is 22.0 Å². The van der Waals surface area contributed by atoms with E-state index in [1.807, 2.05) is 12.1 Å². The van der Waals surface area contributed by atoms with E-state index in [9.17, 15) is 13.2 Å². The van der Waals surface area contributed by atoms with Crippen LogP contribution in [-0.2, 0) is 10.0 Å². The van der Waals surface area contributed by atoms with Crippen molar-refractivity contribution in [3.63, 3.8) is 0 Å². The lowest BCUT2D eigenvalue weighted by molar-refractivity contribution is 0.0947. The molecule has 1 N–H and O–H groups in total. The van der Waals surface area contributed by atoms with Gasteiger partial charge < -0.3 is 19.7 Å². The van der Waals surface area contributed by atoms with Gasteiger partial charge in [-0.15, -0.1) is 0 Å². The Bertz CT molecular complexity index is 1390. The molecule has 2 saturated heterocycles. The van der Waals surface area contributed by atoms with Gasteiger partial charge in [0.05, 0.1) is 19.1 Å². The first-order chi connectivity index (χ1) is 19.3. The highest BCUT2D eigenvalue weighted by Gasteiger charge is 2.28. The maximum atomic E-state index is 12.9. The molecule has 0 spiro atoms. The number of amides is 1. The van der Waals surface area contributed by atoms with Crippen LogP contribution in [0.5, 0.6) is 11.5 Å². The Labute approximate surface area is 239 Å². The van der Waals surface area contributed by atoms with E-state index in [0.717, 1.165) is 72.4 Å². The summed E-state index contributed by atoms with van der Waals surface area (Å²) >= 11 is 1.61. The Hall–Kier alpha value is -2.93. The lowest BCUT2D eigenvalue weighted by atomic mass is 10.0. The molecule has 1 amide bonds. The maximum Gasteiger partial charge on any atom is 0.251 e. The van der Waals surface area contributed by atoms with E-state index in [0.29, 0.717) is 31.1 Å². The number of hydrogen-bond donors (Lipinski definition) is 1. The molecule has 3 heterocycles. The van der Waals surface area contributed by atoms with E-state index in [4.69, 9.17) is 14.5 Å². The molecule has 0 saturated carbocycles. The van der Waals surface area contributed by atoms with Gasteiger partial charge in [-0.3, -0.25) is 9.69 Å². The number of piperazine rings is 1. The van der Waals surface area contributed by atoms with Gasteiger partial charge in [-0.2, -0.15) is 4.31 Å². The van der Waals surface area contributed by atoms with Crippen LogP contribution in [0.25, 0.3) is 10.2 Å². The number of aromatic nitrogens is 1. The quantitative estimate of drug-likeness (QED) is 0.407. The predicted octanol–water partition coefficient (Wildman–Crippen LogP) is 3.29. The Morgan fingerprint density at radius 2 is 1.62 bits per heavy atom. The van der Waals surface area contributed by atoms with E-state index in [1.165, 1.54) is 12.1 Å². The third-order valence-electron chi connectivity index (χ3n) is 7.75. The average Bonchev–Trinajstić information content (AvgIpc) is 3.43. The van der Waals surface area contributed by atoms with Gasteiger partial charge >= 0.3 is 0 Å². The first-order valence-corrected chi connectivity index (χ1v) is 15.9. The number of rotatable bonds is 9. The number of carbonyl (C=O) groups is 1. The van der Waals surface area contributed by atoms with Crippen LogP contribution in [-0.4, -0.2) is 95.1 Å². The van der Waals surface area contributed by atoms with Crippen molar-refractivity contribution >= 4 is 42.6 Å². The Morgan fingerprint density at radius 1 is 0.975 bits per heavy atom. The first-order valence-electron chi connectivity index (χ1n) is 13.7. The highest BCUT2D eigenvalue weighted by Crippen LogP contribution is 2.40. The topological polar surface area (TPSA) is 104 Å². The molecule has 0 atom stereocenters. The lowest BCUT2D eigenvalue weighted by Crippen LogP contribution is -2.48. The van der Waals surface area contributed by atoms with E-state index in [-0.39, 0.29) is 10.8 Å². The fourth-order valence-corrected chi connectivity index (χ4v) is 7.75. The number of ether oxygens (including phenoxy) is 2. The molecule has 216 valence electrons. The van der Waals surface area contributed by atoms with Crippen molar-refractivity contribution in [3.05, 3.63) is 42.0 Å². The summed E-state index contributed by atoms with van der Waals surface area (Å²) < 4.78 is 39.4. The lowest BCUT2D eigenvalue weighted by Gasteiger charge is -2.34. The monoisotopic (exact) mass is 587 g/mol. The zero-order chi connectivity index (χ0) is 28.3. The number of methoxy groups -OCH3 is 2. The molecule has 3 aromatic rings. The average molecular weight is 588 g/mol. The van der Waals surface area contributed by atoms with Crippen molar-refractivity contribution in [1.82, 2.24) is 19.5 Å². The summed E-state index contributed by atoms with van der Waals surface area (Å²) in [6.07, 6.45) is 1.75. The molecule has 2 aromatic carbocycles. The van der Waals surface area contributed by atoms with Crippen molar-refractivity contribution in [3.8, 4) is 11.5 Å². The number of benzene rings is 2. The number of nitrogens with one attached hydrogen (secondary N) is 1. The molecule has 5 rings (SSSR count). The molecule has 0 radical (unpaired) electrons. The summed E-state index contributed by atoms with van der Waals surface area (Å²) in [6, 6.07) is 10.0. The molecular weight excluding hydrogens is 550 g/mol. The van der Waals surface area contributed by atoms with Crippen LogP contribution in [0.15, 0.2) is 41.3 Å². The summed E-state index contributed by atoms with van der Waals surface area (Å²) in [5.74, 6) is 1.88. The maximum absolute atomic E-state index is 12.9. The van der Waals surface area contributed by atoms with Gasteiger partial charge in [-0.1, -0.05) is 18.3 Å². The zero-order valence-electron chi connectivity index (χ0n) is 23.3. The molecule has 0 aliphatic carbocycles. The number of fused-ring (bicyclic) bond motifs is 1. The number of carbonyl (C=O) groups excluding carboxylic acids is 1. The molecule has 2 aliphatic rings. The molecule has 40 heavy (non-hydrogen) atoms. The fraction of sp³-hybridized carbons (Fsp3) is 0.500. The minimum atomic E-state index is -3.52. The summed E-state index contributed by atoms with van der Waals surface area (Å²) in [4.78, 5) is 22.4. The van der Waals surface area contributed by atoms with Crippen molar-refractivity contribution in [1.29, 1.82) is 0 Å². The third-order valence-corrected chi connectivity index (χ3v) is 10.8. The molecule has 1 aromatic heterocycles. The van der Waals surface area contributed by atoms with Gasteiger partial charge in [0, 0.05) is 57.9 Å². The van der Waals surface area contributed by atoms with Crippen molar-refractivity contribution in [2.24, 2.45) is 5.92 Å². The van der Waals surface area contributed by atoms with Gasteiger partial charge in [0.15, 0.2) is 5.13 Å². The van der Waals surface area contributed by atoms with Crippen LogP contribution in [0, 0.1) is 5.92 Å². The largest absolute Gasteiger partial charge is 0.495 e. The van der Waals surface area contributed by atoms with Crippen molar-refractivity contribution in [2.75, 3.05) is 71.5 Å². The van der Waals surface area contributed by atoms with Crippen molar-refractivity contribution in [2.45, 2.75) is 24.7 Å². The Morgan fingerprint density at radius 3 is 2.27 bits per heavy atom. The molecule has 2 aliphatic heterocycles. The van der Waals surface area contributed by atoms with E-state index < -0.39 is 10.0 Å². The van der Waals surface area contributed by atoms with Crippen molar-refractivity contribution < 1.29 is 22.7 Å². The normalized spacial score (nSPS) is 17.7. The van der Waals surface area contributed by atoms with Crippen LogP contribution in [0.1, 0.15) is 30.1 Å². The number of thiazole rings is 1. The van der Waals surface area contributed by atoms with Gasteiger partial charge in [0.25, 0.3) is 5.91 Å². The summed E-state index contributed by atoms with van der Waals surface area (Å²) in [7, 11) is -0.216. The highest BCUT2D eigenvalue weighted by atomic mass is 32.2. The molecule has 0 bridgehead atoms. The second-order valence-electron chi connectivity index (χ2n) is 10.3. The molecule has 0 unspecified atom stereocenters. The van der Waals surface area contributed by atoms with E-state index in [1.54, 1.807) is 42.0 Å². The number of nitrogens with zero attached hydrogens (tertiary/aromatic N) is 4. The molecule has 2 fully saturated rings. The predicted molar refractivity (Wildman–Crippen MR) is 157 cm³/mol.